The SMILES string of the molecule is CC.Cc1ncccc1-c1cnc(N)c(C(F)(F)F)c1. The first-order valence-electron chi connectivity index (χ1n) is 6.14. The Bertz CT molecular complexity index is 580. The van der Waals surface area contributed by atoms with Crippen LogP contribution >= 0.6 is 0 Å². The Kier molecular flexibility index (Phi) is 5.07. The number of halogens is 3. The van der Waals surface area contributed by atoms with Gasteiger partial charge in [0, 0.05) is 29.2 Å². The molecule has 2 rings (SSSR count). The lowest BCUT2D eigenvalue weighted by molar-refractivity contribution is -0.137. The molecule has 20 heavy (non-hydrogen) atoms. The molecular weight excluding hydrogens is 267 g/mol. The minimum absolute atomic E-state index is 0.349. The third-order valence-corrected chi connectivity index (χ3v) is 2.54. The van der Waals surface area contributed by atoms with E-state index in [0.717, 1.165) is 6.07 Å². The van der Waals surface area contributed by atoms with Crippen LogP contribution in [-0.2, 0) is 6.18 Å². The van der Waals surface area contributed by atoms with Crippen LogP contribution in [0.25, 0.3) is 11.1 Å². The van der Waals surface area contributed by atoms with Crippen molar-refractivity contribution in [3.63, 3.8) is 0 Å². The van der Waals surface area contributed by atoms with Crippen molar-refractivity contribution in [1.82, 2.24) is 9.97 Å². The Hall–Kier alpha value is -2.11. The van der Waals surface area contributed by atoms with E-state index >= 15 is 0 Å². The number of aromatic nitrogens is 2. The average Bonchev–Trinajstić information content (AvgIpc) is 2.41. The maximum atomic E-state index is 12.7. The van der Waals surface area contributed by atoms with E-state index in [1.165, 1.54) is 6.20 Å². The molecule has 3 nitrogen and oxygen atoms in total. The van der Waals surface area contributed by atoms with E-state index in [9.17, 15) is 13.2 Å². The van der Waals surface area contributed by atoms with Crippen molar-refractivity contribution in [3.05, 3.63) is 41.9 Å². The molecule has 0 spiro atoms. The standard InChI is InChI=1S/C12H10F3N3.C2H6/c1-7-9(3-2-4-17-7)8-5-10(12(13,14)15)11(16)18-6-8;1-2/h2-6H,1H3,(H2,16,18);1-2H3. The number of nitrogen functional groups attached to an aromatic ring is 1. The van der Waals surface area contributed by atoms with Gasteiger partial charge >= 0.3 is 6.18 Å². The van der Waals surface area contributed by atoms with Gasteiger partial charge in [-0.05, 0) is 19.1 Å². The topological polar surface area (TPSA) is 51.8 Å². The van der Waals surface area contributed by atoms with E-state index in [4.69, 9.17) is 5.73 Å². The van der Waals surface area contributed by atoms with Gasteiger partial charge in [-0.1, -0.05) is 19.9 Å². The van der Waals surface area contributed by atoms with Crippen molar-refractivity contribution in [2.24, 2.45) is 0 Å². The predicted octanol–water partition coefficient (Wildman–Crippen LogP) is 4.08. The second-order valence-electron chi connectivity index (χ2n) is 3.79. The molecule has 0 aromatic carbocycles. The van der Waals surface area contributed by atoms with Crippen LogP contribution in [0.2, 0.25) is 0 Å². The Morgan fingerprint density at radius 1 is 1.15 bits per heavy atom. The monoisotopic (exact) mass is 283 g/mol. The van der Waals surface area contributed by atoms with Crippen molar-refractivity contribution in [2.75, 3.05) is 5.73 Å². The summed E-state index contributed by atoms with van der Waals surface area (Å²) in [4.78, 5) is 7.62. The number of nitrogens with zero attached hydrogens (tertiary/aromatic N) is 2. The van der Waals surface area contributed by atoms with Crippen molar-refractivity contribution < 1.29 is 13.2 Å². The first-order valence-corrected chi connectivity index (χ1v) is 6.14. The Labute approximate surface area is 115 Å². The van der Waals surface area contributed by atoms with Crippen LogP contribution in [-0.4, -0.2) is 9.97 Å². The molecule has 2 heterocycles. The van der Waals surface area contributed by atoms with E-state index in [-0.39, 0.29) is 0 Å². The number of alkyl halides is 3. The number of nitrogens with two attached hydrogens (primary N) is 1. The van der Waals surface area contributed by atoms with Gasteiger partial charge in [0.1, 0.15) is 5.82 Å². The molecule has 0 saturated carbocycles. The highest BCUT2D eigenvalue weighted by Crippen LogP contribution is 2.35. The van der Waals surface area contributed by atoms with Crippen LogP contribution in [0.1, 0.15) is 25.1 Å². The predicted molar refractivity (Wildman–Crippen MR) is 73.0 cm³/mol. The smallest absolute Gasteiger partial charge is 0.383 e. The van der Waals surface area contributed by atoms with Gasteiger partial charge < -0.3 is 5.73 Å². The largest absolute Gasteiger partial charge is 0.419 e. The first-order chi connectivity index (χ1) is 9.39. The third kappa shape index (κ3) is 3.46. The zero-order chi connectivity index (χ0) is 15.3. The van der Waals surface area contributed by atoms with Crippen molar-refractivity contribution >= 4 is 5.82 Å². The molecule has 0 aliphatic carbocycles. The van der Waals surface area contributed by atoms with Crippen LogP contribution in [0, 0.1) is 6.92 Å². The number of hydrogen-bond donors (Lipinski definition) is 1. The molecule has 108 valence electrons. The quantitative estimate of drug-likeness (QED) is 0.858. The van der Waals surface area contributed by atoms with Gasteiger partial charge in [0.25, 0.3) is 0 Å². The lowest BCUT2D eigenvalue weighted by atomic mass is 10.0. The fraction of sp³-hybridized carbons (Fsp3) is 0.286. The van der Waals surface area contributed by atoms with Crippen LogP contribution in [0.5, 0.6) is 0 Å². The summed E-state index contributed by atoms with van der Waals surface area (Å²) >= 11 is 0. The summed E-state index contributed by atoms with van der Waals surface area (Å²) in [5, 5.41) is 0. The maximum absolute atomic E-state index is 12.7. The molecule has 0 fully saturated rings. The molecule has 2 aromatic rings. The number of pyridine rings is 2. The molecule has 0 radical (unpaired) electrons. The normalized spacial score (nSPS) is 10.7. The summed E-state index contributed by atoms with van der Waals surface area (Å²) in [6.07, 6.45) is -1.62. The van der Waals surface area contributed by atoms with E-state index in [1.54, 1.807) is 25.3 Å². The number of anilines is 1. The van der Waals surface area contributed by atoms with Crippen LogP contribution in [0.4, 0.5) is 19.0 Å². The van der Waals surface area contributed by atoms with Crippen LogP contribution < -0.4 is 5.73 Å². The summed E-state index contributed by atoms with van der Waals surface area (Å²) in [5.41, 5.74) is 5.91. The van der Waals surface area contributed by atoms with E-state index in [0.29, 0.717) is 16.8 Å². The summed E-state index contributed by atoms with van der Waals surface area (Å²) in [7, 11) is 0. The summed E-state index contributed by atoms with van der Waals surface area (Å²) in [6, 6.07) is 4.34. The minimum Gasteiger partial charge on any atom is -0.383 e. The maximum Gasteiger partial charge on any atom is 0.419 e. The second kappa shape index (κ2) is 6.36. The lowest BCUT2D eigenvalue weighted by Gasteiger charge is -2.11. The molecule has 0 atom stereocenters. The minimum atomic E-state index is -4.51. The van der Waals surface area contributed by atoms with E-state index < -0.39 is 17.6 Å². The highest BCUT2D eigenvalue weighted by Gasteiger charge is 2.34. The number of hydrogen-bond acceptors (Lipinski definition) is 3. The molecule has 0 unspecified atom stereocenters. The van der Waals surface area contributed by atoms with Crippen LogP contribution in [0.15, 0.2) is 30.6 Å². The second-order valence-corrected chi connectivity index (χ2v) is 3.79. The van der Waals surface area contributed by atoms with Gasteiger partial charge in [0.2, 0.25) is 0 Å². The zero-order valence-electron chi connectivity index (χ0n) is 11.5. The number of aryl methyl sites for hydroxylation is 1. The van der Waals surface area contributed by atoms with E-state index in [1.807, 2.05) is 13.8 Å². The highest BCUT2D eigenvalue weighted by molar-refractivity contribution is 5.67. The van der Waals surface area contributed by atoms with Crippen LogP contribution in [0.3, 0.4) is 0 Å². The Morgan fingerprint density at radius 2 is 1.80 bits per heavy atom. The third-order valence-electron chi connectivity index (χ3n) is 2.54. The van der Waals surface area contributed by atoms with Crippen molar-refractivity contribution in [1.29, 1.82) is 0 Å². The molecule has 2 aromatic heterocycles. The van der Waals surface area contributed by atoms with Gasteiger partial charge in [-0.3, -0.25) is 4.98 Å². The molecule has 0 amide bonds. The highest BCUT2D eigenvalue weighted by atomic mass is 19.4. The average molecular weight is 283 g/mol. The molecule has 6 heteroatoms. The number of rotatable bonds is 1. The Morgan fingerprint density at radius 3 is 2.35 bits per heavy atom. The first kappa shape index (κ1) is 15.9. The summed E-state index contributed by atoms with van der Waals surface area (Å²) in [6.45, 7) is 5.72. The molecule has 0 aliphatic heterocycles. The van der Waals surface area contributed by atoms with E-state index in [2.05, 4.69) is 9.97 Å². The van der Waals surface area contributed by atoms with Gasteiger partial charge in [0.05, 0.1) is 5.56 Å². The fourth-order valence-corrected chi connectivity index (χ4v) is 1.64. The Balaban J connectivity index is 0.000000956. The summed E-state index contributed by atoms with van der Waals surface area (Å²) < 4.78 is 38.1. The van der Waals surface area contributed by atoms with Crippen molar-refractivity contribution in [3.8, 4) is 11.1 Å². The van der Waals surface area contributed by atoms with Gasteiger partial charge in [-0.2, -0.15) is 13.2 Å². The molecule has 2 N–H and O–H groups in total. The van der Waals surface area contributed by atoms with Gasteiger partial charge in [-0.25, -0.2) is 4.98 Å². The lowest BCUT2D eigenvalue weighted by Crippen LogP contribution is -2.10. The fourth-order valence-electron chi connectivity index (χ4n) is 1.64. The molecule has 0 aliphatic rings. The van der Waals surface area contributed by atoms with Gasteiger partial charge in [-0.15, -0.1) is 0 Å². The summed E-state index contributed by atoms with van der Waals surface area (Å²) in [5.74, 6) is -0.521. The molecule has 0 bridgehead atoms. The van der Waals surface area contributed by atoms with Crippen molar-refractivity contribution in [2.45, 2.75) is 26.9 Å². The van der Waals surface area contributed by atoms with Gasteiger partial charge in [0.15, 0.2) is 0 Å². The molecular formula is C14H16F3N3. The zero-order valence-corrected chi connectivity index (χ0v) is 11.5. The molecule has 0 saturated heterocycles.